The maximum atomic E-state index is 12.5. The van der Waals surface area contributed by atoms with Crippen molar-refractivity contribution in [1.82, 2.24) is 19.1 Å². The molecule has 0 N–H and O–H groups in total. The van der Waals surface area contributed by atoms with E-state index in [1.165, 1.54) is 15.3 Å². The van der Waals surface area contributed by atoms with Crippen LogP contribution >= 0.6 is 11.6 Å². The highest BCUT2D eigenvalue weighted by atomic mass is 35.5. The standard InChI is InChI=1S/C15H15ClN4O3/c1-19-11-7-17-14(16)18-13(11)20(15(19)21)8-9-4-5-10(22-2)6-12(9)23-3/h4-7H,8H2,1-3H3. The first kappa shape index (κ1) is 15.4. The van der Waals surface area contributed by atoms with Gasteiger partial charge in [-0.2, -0.15) is 4.98 Å². The van der Waals surface area contributed by atoms with Crippen LogP contribution in [-0.2, 0) is 13.6 Å². The van der Waals surface area contributed by atoms with E-state index in [-0.39, 0.29) is 11.0 Å². The highest BCUT2D eigenvalue weighted by Gasteiger charge is 2.15. The van der Waals surface area contributed by atoms with Gasteiger partial charge in [0.1, 0.15) is 17.0 Å². The summed E-state index contributed by atoms with van der Waals surface area (Å²) in [5.74, 6) is 1.31. The lowest BCUT2D eigenvalue weighted by molar-refractivity contribution is 0.390. The Bertz CT molecular complexity index is 932. The van der Waals surface area contributed by atoms with Gasteiger partial charge < -0.3 is 9.47 Å². The Morgan fingerprint density at radius 3 is 2.74 bits per heavy atom. The Kier molecular flexibility index (Phi) is 3.96. The zero-order valence-corrected chi connectivity index (χ0v) is 13.7. The molecule has 120 valence electrons. The Labute approximate surface area is 137 Å². The van der Waals surface area contributed by atoms with Crippen LogP contribution in [0.25, 0.3) is 11.2 Å². The molecule has 3 aromatic rings. The number of benzene rings is 1. The maximum Gasteiger partial charge on any atom is 0.330 e. The molecular weight excluding hydrogens is 320 g/mol. The minimum absolute atomic E-state index is 0.0959. The molecule has 7 nitrogen and oxygen atoms in total. The van der Waals surface area contributed by atoms with Crippen molar-refractivity contribution in [3.63, 3.8) is 0 Å². The number of hydrogen-bond donors (Lipinski definition) is 0. The predicted octanol–water partition coefficient (Wildman–Crippen LogP) is 1.85. The first-order chi connectivity index (χ1) is 11.0. The zero-order valence-electron chi connectivity index (χ0n) is 12.9. The van der Waals surface area contributed by atoms with Crippen LogP contribution < -0.4 is 15.2 Å². The van der Waals surface area contributed by atoms with Crippen LogP contribution in [0.15, 0.2) is 29.2 Å². The summed E-state index contributed by atoms with van der Waals surface area (Å²) in [5.41, 5.74) is 1.73. The molecule has 0 bridgehead atoms. The molecule has 2 aromatic heterocycles. The Balaban J connectivity index is 2.14. The number of hydrogen-bond acceptors (Lipinski definition) is 5. The SMILES string of the molecule is COc1ccc(Cn2c(=O)n(C)c3cnc(Cl)nc32)c(OC)c1. The third kappa shape index (κ3) is 2.63. The van der Waals surface area contributed by atoms with Crippen molar-refractivity contribution < 1.29 is 9.47 Å². The average Bonchev–Trinajstić information content (AvgIpc) is 2.79. The van der Waals surface area contributed by atoms with Gasteiger partial charge in [0, 0.05) is 18.7 Å². The summed E-state index contributed by atoms with van der Waals surface area (Å²) in [4.78, 5) is 20.6. The van der Waals surface area contributed by atoms with Gasteiger partial charge in [-0.1, -0.05) is 0 Å². The second kappa shape index (κ2) is 5.92. The van der Waals surface area contributed by atoms with E-state index < -0.39 is 0 Å². The molecule has 0 spiro atoms. The second-order valence-corrected chi connectivity index (χ2v) is 5.29. The highest BCUT2D eigenvalue weighted by molar-refractivity contribution is 6.28. The maximum absolute atomic E-state index is 12.5. The number of methoxy groups -OCH3 is 2. The summed E-state index contributed by atoms with van der Waals surface area (Å²) in [5, 5.41) is 0.0959. The summed E-state index contributed by atoms with van der Waals surface area (Å²) < 4.78 is 13.6. The molecule has 3 rings (SSSR count). The molecule has 0 saturated heterocycles. The van der Waals surface area contributed by atoms with E-state index in [1.54, 1.807) is 27.3 Å². The van der Waals surface area contributed by atoms with E-state index in [0.717, 1.165) is 5.56 Å². The Hall–Kier alpha value is -2.54. The first-order valence-corrected chi connectivity index (χ1v) is 7.21. The summed E-state index contributed by atoms with van der Waals surface area (Å²) in [7, 11) is 4.83. The van der Waals surface area contributed by atoms with Crippen molar-refractivity contribution >= 4 is 22.8 Å². The molecule has 23 heavy (non-hydrogen) atoms. The van der Waals surface area contributed by atoms with Crippen LogP contribution in [0, 0.1) is 0 Å². The van der Waals surface area contributed by atoms with Crippen LogP contribution in [0.4, 0.5) is 0 Å². The zero-order chi connectivity index (χ0) is 16.6. The lowest BCUT2D eigenvalue weighted by atomic mass is 10.2. The van der Waals surface area contributed by atoms with Crippen LogP contribution in [0.5, 0.6) is 11.5 Å². The van der Waals surface area contributed by atoms with Gasteiger partial charge in [-0.3, -0.25) is 9.13 Å². The smallest absolute Gasteiger partial charge is 0.330 e. The molecule has 0 radical (unpaired) electrons. The van der Waals surface area contributed by atoms with Crippen LogP contribution in [0.1, 0.15) is 5.56 Å². The molecule has 8 heteroatoms. The number of fused-ring (bicyclic) bond motifs is 1. The van der Waals surface area contributed by atoms with E-state index in [9.17, 15) is 4.79 Å². The fourth-order valence-corrected chi connectivity index (χ4v) is 2.58. The lowest BCUT2D eigenvalue weighted by Crippen LogP contribution is -2.23. The van der Waals surface area contributed by atoms with E-state index in [0.29, 0.717) is 29.2 Å². The Morgan fingerprint density at radius 2 is 2.04 bits per heavy atom. The van der Waals surface area contributed by atoms with Gasteiger partial charge in [-0.15, -0.1) is 0 Å². The quantitative estimate of drug-likeness (QED) is 0.681. The van der Waals surface area contributed by atoms with E-state index >= 15 is 0 Å². The number of ether oxygens (including phenoxy) is 2. The number of aryl methyl sites for hydroxylation is 1. The third-order valence-electron chi connectivity index (χ3n) is 3.68. The lowest BCUT2D eigenvalue weighted by Gasteiger charge is -2.10. The number of nitrogens with zero attached hydrogens (tertiary/aromatic N) is 4. The summed E-state index contributed by atoms with van der Waals surface area (Å²) >= 11 is 5.87. The van der Waals surface area contributed by atoms with Gasteiger partial charge >= 0.3 is 5.69 Å². The number of imidazole rings is 1. The highest BCUT2D eigenvalue weighted by Crippen LogP contribution is 2.25. The van der Waals surface area contributed by atoms with E-state index in [1.807, 2.05) is 12.1 Å². The van der Waals surface area contributed by atoms with E-state index in [2.05, 4.69) is 9.97 Å². The molecule has 0 aliphatic rings. The van der Waals surface area contributed by atoms with E-state index in [4.69, 9.17) is 21.1 Å². The first-order valence-electron chi connectivity index (χ1n) is 6.84. The largest absolute Gasteiger partial charge is 0.497 e. The minimum Gasteiger partial charge on any atom is -0.497 e. The minimum atomic E-state index is -0.200. The molecule has 0 aliphatic heterocycles. The second-order valence-electron chi connectivity index (χ2n) is 4.95. The van der Waals surface area contributed by atoms with Crippen molar-refractivity contribution in [1.29, 1.82) is 0 Å². The van der Waals surface area contributed by atoms with Crippen molar-refractivity contribution in [2.45, 2.75) is 6.54 Å². The number of aromatic nitrogens is 4. The third-order valence-corrected chi connectivity index (χ3v) is 3.86. The molecule has 0 atom stereocenters. The molecular formula is C15H15ClN4O3. The monoisotopic (exact) mass is 334 g/mol. The molecule has 0 amide bonds. The molecule has 2 heterocycles. The molecule has 0 unspecified atom stereocenters. The fraction of sp³-hybridized carbons (Fsp3) is 0.267. The normalized spacial score (nSPS) is 11.0. The van der Waals surface area contributed by atoms with Crippen LogP contribution in [-0.4, -0.2) is 33.3 Å². The summed E-state index contributed by atoms with van der Waals surface area (Å²) in [6.45, 7) is 0.302. The fourth-order valence-electron chi connectivity index (χ4n) is 2.45. The Morgan fingerprint density at radius 1 is 1.26 bits per heavy atom. The molecule has 0 fully saturated rings. The van der Waals surface area contributed by atoms with Crippen molar-refractivity contribution in [2.75, 3.05) is 14.2 Å². The van der Waals surface area contributed by atoms with Crippen LogP contribution in [0.2, 0.25) is 5.28 Å². The van der Waals surface area contributed by atoms with Gasteiger partial charge in [0.15, 0.2) is 5.65 Å². The average molecular weight is 335 g/mol. The van der Waals surface area contributed by atoms with Gasteiger partial charge in [0.25, 0.3) is 0 Å². The molecule has 0 saturated carbocycles. The van der Waals surface area contributed by atoms with Crippen molar-refractivity contribution in [3.8, 4) is 11.5 Å². The van der Waals surface area contributed by atoms with Crippen molar-refractivity contribution in [3.05, 3.63) is 45.7 Å². The van der Waals surface area contributed by atoms with Crippen molar-refractivity contribution in [2.24, 2.45) is 7.05 Å². The van der Waals surface area contributed by atoms with Gasteiger partial charge in [-0.05, 0) is 23.7 Å². The van der Waals surface area contributed by atoms with Crippen LogP contribution in [0.3, 0.4) is 0 Å². The predicted molar refractivity (Wildman–Crippen MR) is 86.4 cm³/mol. The van der Waals surface area contributed by atoms with Gasteiger partial charge in [-0.25, -0.2) is 9.78 Å². The topological polar surface area (TPSA) is 71.2 Å². The van der Waals surface area contributed by atoms with Gasteiger partial charge in [0.05, 0.1) is 27.0 Å². The van der Waals surface area contributed by atoms with Gasteiger partial charge in [0.2, 0.25) is 5.28 Å². The number of rotatable bonds is 4. The summed E-state index contributed by atoms with van der Waals surface area (Å²) in [6.07, 6.45) is 1.54. The number of halogens is 1. The molecule has 1 aromatic carbocycles. The summed E-state index contributed by atoms with van der Waals surface area (Å²) in [6, 6.07) is 5.44. The molecule has 0 aliphatic carbocycles.